The van der Waals surface area contributed by atoms with E-state index in [1.54, 1.807) is 12.3 Å². The van der Waals surface area contributed by atoms with Gasteiger partial charge in [0.15, 0.2) is 0 Å². The van der Waals surface area contributed by atoms with E-state index in [-0.39, 0.29) is 6.61 Å². The van der Waals surface area contributed by atoms with E-state index in [0.29, 0.717) is 18.9 Å². The van der Waals surface area contributed by atoms with Crippen LogP contribution in [-0.2, 0) is 4.74 Å². The second kappa shape index (κ2) is 10.7. The molecule has 2 aromatic heterocycles. The molecule has 1 atom stereocenters. The third-order valence-corrected chi connectivity index (χ3v) is 4.24. The van der Waals surface area contributed by atoms with Gasteiger partial charge in [-0.1, -0.05) is 13.0 Å². The van der Waals surface area contributed by atoms with Crippen LogP contribution in [0.2, 0.25) is 0 Å². The van der Waals surface area contributed by atoms with Crippen LogP contribution in [0, 0.1) is 0 Å². The quantitative estimate of drug-likeness (QED) is 0.477. The molecule has 0 unspecified atom stereocenters. The smallest absolute Gasteiger partial charge is 0.125 e. The molecule has 0 amide bonds. The Bertz CT molecular complexity index is 905. The van der Waals surface area contributed by atoms with E-state index >= 15 is 0 Å². The SMILES string of the molecule is CCCOCCNc1ccc(-c2ccc3cc(OC[C@H](O)CF)ccc3n2)cn1. The van der Waals surface area contributed by atoms with Crippen LogP contribution in [-0.4, -0.2) is 54.2 Å². The maximum absolute atomic E-state index is 12.3. The first kappa shape index (κ1) is 21.0. The van der Waals surface area contributed by atoms with Gasteiger partial charge in [0, 0.05) is 30.3 Å². The van der Waals surface area contributed by atoms with E-state index in [1.807, 2.05) is 36.4 Å². The molecule has 0 radical (unpaired) electrons. The molecule has 3 aromatic rings. The zero-order valence-electron chi connectivity index (χ0n) is 16.5. The third kappa shape index (κ3) is 6.10. The number of alkyl halides is 1. The molecular weight excluding hydrogens is 373 g/mol. The Labute approximate surface area is 169 Å². The molecule has 0 aliphatic rings. The molecule has 0 spiro atoms. The molecule has 7 heteroatoms. The van der Waals surface area contributed by atoms with Crippen molar-refractivity contribution in [2.75, 3.05) is 38.4 Å². The number of aliphatic hydroxyl groups excluding tert-OH is 1. The summed E-state index contributed by atoms with van der Waals surface area (Å²) in [5.41, 5.74) is 2.56. The number of nitrogens with one attached hydrogen (secondary N) is 1. The Morgan fingerprint density at radius 1 is 1.14 bits per heavy atom. The van der Waals surface area contributed by atoms with Crippen molar-refractivity contribution in [3.05, 3.63) is 48.7 Å². The lowest BCUT2D eigenvalue weighted by molar-refractivity contribution is 0.0842. The Hall–Kier alpha value is -2.77. The van der Waals surface area contributed by atoms with Gasteiger partial charge < -0.3 is 19.9 Å². The fourth-order valence-electron chi connectivity index (χ4n) is 2.74. The first-order valence-electron chi connectivity index (χ1n) is 9.75. The number of halogens is 1. The zero-order chi connectivity index (χ0) is 20.5. The molecule has 154 valence electrons. The van der Waals surface area contributed by atoms with E-state index in [1.165, 1.54) is 0 Å². The van der Waals surface area contributed by atoms with Crippen molar-refractivity contribution in [1.29, 1.82) is 0 Å². The molecule has 0 saturated heterocycles. The van der Waals surface area contributed by atoms with Crippen molar-refractivity contribution in [3.63, 3.8) is 0 Å². The Kier molecular flexibility index (Phi) is 7.72. The van der Waals surface area contributed by atoms with Crippen molar-refractivity contribution < 1.29 is 19.0 Å². The number of hydrogen-bond donors (Lipinski definition) is 2. The van der Waals surface area contributed by atoms with Crippen molar-refractivity contribution in [2.45, 2.75) is 19.4 Å². The predicted molar refractivity (Wildman–Crippen MR) is 112 cm³/mol. The van der Waals surface area contributed by atoms with Gasteiger partial charge >= 0.3 is 0 Å². The van der Waals surface area contributed by atoms with Crippen LogP contribution in [0.3, 0.4) is 0 Å². The molecular formula is C22H26FN3O3. The van der Waals surface area contributed by atoms with Gasteiger partial charge in [-0.15, -0.1) is 0 Å². The Morgan fingerprint density at radius 3 is 2.79 bits per heavy atom. The van der Waals surface area contributed by atoms with Gasteiger partial charge in [-0.25, -0.2) is 14.4 Å². The molecule has 1 aromatic carbocycles. The lowest BCUT2D eigenvalue weighted by Gasteiger charge is -2.10. The number of aromatic nitrogens is 2. The van der Waals surface area contributed by atoms with Crippen LogP contribution in [0.1, 0.15) is 13.3 Å². The minimum atomic E-state index is -1.11. The number of benzene rings is 1. The number of aliphatic hydroxyl groups is 1. The maximum Gasteiger partial charge on any atom is 0.125 e. The molecule has 0 aliphatic heterocycles. The molecule has 2 heterocycles. The molecule has 0 bridgehead atoms. The van der Waals surface area contributed by atoms with Gasteiger partial charge in [0.2, 0.25) is 0 Å². The highest BCUT2D eigenvalue weighted by atomic mass is 19.1. The van der Waals surface area contributed by atoms with Crippen molar-refractivity contribution in [1.82, 2.24) is 9.97 Å². The summed E-state index contributed by atoms with van der Waals surface area (Å²) in [7, 11) is 0. The van der Waals surface area contributed by atoms with Crippen molar-refractivity contribution in [3.8, 4) is 17.0 Å². The highest BCUT2D eigenvalue weighted by Crippen LogP contribution is 2.24. The van der Waals surface area contributed by atoms with E-state index in [4.69, 9.17) is 9.47 Å². The number of anilines is 1. The Morgan fingerprint density at radius 2 is 2.03 bits per heavy atom. The fraction of sp³-hybridized carbons (Fsp3) is 0.364. The largest absolute Gasteiger partial charge is 0.491 e. The monoisotopic (exact) mass is 399 g/mol. The molecule has 2 N–H and O–H groups in total. The summed E-state index contributed by atoms with van der Waals surface area (Å²) in [6, 6.07) is 13.2. The lowest BCUT2D eigenvalue weighted by Crippen LogP contribution is -2.19. The van der Waals surface area contributed by atoms with Gasteiger partial charge in [-0.2, -0.15) is 0 Å². The molecule has 0 fully saturated rings. The number of fused-ring (bicyclic) bond motifs is 1. The average Bonchev–Trinajstić information content (AvgIpc) is 2.77. The molecule has 6 nitrogen and oxygen atoms in total. The highest BCUT2D eigenvalue weighted by Gasteiger charge is 2.07. The van der Waals surface area contributed by atoms with Crippen LogP contribution in [0.5, 0.6) is 5.75 Å². The first-order valence-corrected chi connectivity index (χ1v) is 9.75. The van der Waals surface area contributed by atoms with Gasteiger partial charge in [-0.05, 0) is 42.8 Å². The minimum absolute atomic E-state index is 0.0791. The van der Waals surface area contributed by atoms with E-state index in [0.717, 1.165) is 41.0 Å². The van der Waals surface area contributed by atoms with Crippen LogP contribution in [0.25, 0.3) is 22.2 Å². The van der Waals surface area contributed by atoms with Crippen molar-refractivity contribution >= 4 is 16.7 Å². The zero-order valence-corrected chi connectivity index (χ0v) is 16.5. The minimum Gasteiger partial charge on any atom is -0.491 e. The second-order valence-corrected chi connectivity index (χ2v) is 6.64. The van der Waals surface area contributed by atoms with E-state index in [9.17, 15) is 9.50 Å². The van der Waals surface area contributed by atoms with Gasteiger partial charge in [0.25, 0.3) is 0 Å². The summed E-state index contributed by atoms with van der Waals surface area (Å²) in [6.45, 7) is 3.32. The number of nitrogens with zero attached hydrogens (tertiary/aromatic N) is 2. The maximum atomic E-state index is 12.3. The predicted octanol–water partition coefficient (Wildman–Crippen LogP) is 3.84. The Balaban J connectivity index is 1.63. The van der Waals surface area contributed by atoms with Gasteiger partial charge in [0.05, 0.1) is 17.8 Å². The summed E-state index contributed by atoms with van der Waals surface area (Å²) in [5.74, 6) is 1.37. The normalized spacial score (nSPS) is 12.1. The molecule has 3 rings (SSSR count). The molecule has 0 saturated carbocycles. The first-order chi connectivity index (χ1) is 14.2. The van der Waals surface area contributed by atoms with Gasteiger partial charge in [0.1, 0.15) is 31.0 Å². The number of pyridine rings is 2. The molecule has 0 aliphatic carbocycles. The van der Waals surface area contributed by atoms with Crippen LogP contribution in [0.15, 0.2) is 48.7 Å². The summed E-state index contributed by atoms with van der Waals surface area (Å²) in [5, 5.41) is 13.4. The summed E-state index contributed by atoms with van der Waals surface area (Å²) in [6.07, 6.45) is 1.70. The highest BCUT2D eigenvalue weighted by molar-refractivity contribution is 5.82. The number of ether oxygens (including phenoxy) is 2. The number of hydrogen-bond acceptors (Lipinski definition) is 6. The second-order valence-electron chi connectivity index (χ2n) is 6.64. The summed E-state index contributed by atoms with van der Waals surface area (Å²) < 4.78 is 23.2. The topological polar surface area (TPSA) is 76.5 Å². The molecule has 29 heavy (non-hydrogen) atoms. The van der Waals surface area contributed by atoms with Crippen LogP contribution in [0.4, 0.5) is 10.2 Å². The third-order valence-electron chi connectivity index (χ3n) is 4.24. The summed E-state index contributed by atoms with van der Waals surface area (Å²) in [4.78, 5) is 9.11. The standard InChI is InChI=1S/C22H26FN3O3/c1-2-10-28-11-9-24-22-8-4-17(14-25-22)21-6-3-16-12-19(5-7-20(16)26-21)29-15-18(27)13-23/h3-8,12,14,18,27H,2,9-11,13,15H2,1H3,(H,24,25)/t18-/m1/s1. The summed E-state index contributed by atoms with van der Waals surface area (Å²) >= 11 is 0. The van der Waals surface area contributed by atoms with Crippen LogP contribution < -0.4 is 10.1 Å². The average molecular weight is 399 g/mol. The van der Waals surface area contributed by atoms with Crippen molar-refractivity contribution in [2.24, 2.45) is 0 Å². The van der Waals surface area contributed by atoms with E-state index < -0.39 is 12.8 Å². The van der Waals surface area contributed by atoms with Crippen LogP contribution >= 0.6 is 0 Å². The van der Waals surface area contributed by atoms with Gasteiger partial charge in [-0.3, -0.25) is 0 Å². The van der Waals surface area contributed by atoms with E-state index in [2.05, 4.69) is 22.2 Å². The lowest BCUT2D eigenvalue weighted by atomic mass is 10.1. The number of rotatable bonds is 11. The fourth-order valence-corrected chi connectivity index (χ4v) is 2.74.